The lowest BCUT2D eigenvalue weighted by Gasteiger charge is -2.38. The molecule has 1 heterocycles. The lowest BCUT2D eigenvalue weighted by Crippen LogP contribution is -2.53. The highest BCUT2D eigenvalue weighted by atomic mass is 16.5. The molecule has 128 valence electrons. The third-order valence-electron chi connectivity index (χ3n) is 4.55. The fraction of sp³-hybridized carbons (Fsp3) is 0.611. The minimum Gasteiger partial charge on any atom is -0.396 e. The zero-order chi connectivity index (χ0) is 16.7. The number of rotatable bonds is 7. The number of hydrogen-bond donors (Lipinski definition) is 2. The Bertz CT molecular complexity index is 480. The van der Waals surface area contributed by atoms with Gasteiger partial charge in [-0.05, 0) is 25.5 Å². The standard InChI is InChI=1S/C18H28N2O3/c1-14(23-2)10-18(22)19-17-12-20(9-8-16(17)13-21)11-15-6-4-3-5-7-15/h3-7,14,16-17,21H,8-13H2,1-2H3,(H,19,22). The van der Waals surface area contributed by atoms with E-state index in [9.17, 15) is 9.90 Å². The molecule has 0 aromatic heterocycles. The van der Waals surface area contributed by atoms with Crippen LogP contribution in [0.4, 0.5) is 0 Å². The minimum atomic E-state index is -0.0911. The molecule has 1 aliphatic rings. The van der Waals surface area contributed by atoms with E-state index in [-0.39, 0.29) is 30.6 Å². The second-order valence-electron chi connectivity index (χ2n) is 6.38. The zero-order valence-electron chi connectivity index (χ0n) is 14.1. The molecule has 0 saturated carbocycles. The number of methoxy groups -OCH3 is 1. The molecule has 1 amide bonds. The lowest BCUT2D eigenvalue weighted by atomic mass is 9.91. The van der Waals surface area contributed by atoms with E-state index in [2.05, 4.69) is 22.3 Å². The molecule has 0 spiro atoms. The molecule has 0 radical (unpaired) electrons. The highest BCUT2D eigenvalue weighted by molar-refractivity contribution is 5.76. The van der Waals surface area contributed by atoms with Gasteiger partial charge in [0.25, 0.3) is 0 Å². The minimum absolute atomic E-state index is 0.00554. The van der Waals surface area contributed by atoms with Gasteiger partial charge in [0.05, 0.1) is 12.5 Å². The first-order valence-corrected chi connectivity index (χ1v) is 8.31. The molecule has 1 aromatic rings. The molecule has 0 bridgehead atoms. The fourth-order valence-electron chi connectivity index (χ4n) is 3.05. The maximum absolute atomic E-state index is 12.1. The van der Waals surface area contributed by atoms with Crippen LogP contribution in [0.15, 0.2) is 30.3 Å². The van der Waals surface area contributed by atoms with Crippen molar-refractivity contribution in [2.24, 2.45) is 5.92 Å². The number of amides is 1. The number of likely N-dealkylation sites (tertiary alicyclic amines) is 1. The second kappa shape index (κ2) is 9.01. The van der Waals surface area contributed by atoms with Crippen molar-refractivity contribution in [3.63, 3.8) is 0 Å². The monoisotopic (exact) mass is 320 g/mol. The van der Waals surface area contributed by atoms with E-state index in [1.165, 1.54) is 5.56 Å². The van der Waals surface area contributed by atoms with Crippen LogP contribution < -0.4 is 5.32 Å². The number of aliphatic hydroxyl groups is 1. The Hall–Kier alpha value is -1.43. The van der Waals surface area contributed by atoms with Crippen LogP contribution >= 0.6 is 0 Å². The van der Waals surface area contributed by atoms with Crippen molar-refractivity contribution in [1.82, 2.24) is 10.2 Å². The summed E-state index contributed by atoms with van der Waals surface area (Å²) in [5.74, 6) is 0.119. The third kappa shape index (κ3) is 5.61. The van der Waals surface area contributed by atoms with E-state index in [1.807, 2.05) is 25.1 Å². The summed E-state index contributed by atoms with van der Waals surface area (Å²) in [7, 11) is 1.61. The van der Waals surface area contributed by atoms with Crippen LogP contribution in [0.3, 0.4) is 0 Å². The second-order valence-corrected chi connectivity index (χ2v) is 6.38. The van der Waals surface area contributed by atoms with Crippen molar-refractivity contribution in [2.45, 2.75) is 38.5 Å². The van der Waals surface area contributed by atoms with Gasteiger partial charge < -0.3 is 15.2 Å². The van der Waals surface area contributed by atoms with Crippen molar-refractivity contribution < 1.29 is 14.6 Å². The molecular formula is C18H28N2O3. The maximum Gasteiger partial charge on any atom is 0.222 e. The summed E-state index contributed by atoms with van der Waals surface area (Å²) >= 11 is 0. The van der Waals surface area contributed by atoms with Crippen molar-refractivity contribution in [3.05, 3.63) is 35.9 Å². The van der Waals surface area contributed by atoms with Crippen molar-refractivity contribution in [2.75, 3.05) is 26.8 Å². The van der Waals surface area contributed by atoms with Gasteiger partial charge in [-0.3, -0.25) is 9.69 Å². The van der Waals surface area contributed by atoms with Crippen molar-refractivity contribution in [3.8, 4) is 0 Å². The van der Waals surface area contributed by atoms with Gasteiger partial charge in [-0.1, -0.05) is 30.3 Å². The molecule has 5 nitrogen and oxygen atoms in total. The van der Waals surface area contributed by atoms with E-state index < -0.39 is 0 Å². The molecule has 5 heteroatoms. The van der Waals surface area contributed by atoms with Crippen LogP contribution in [0.25, 0.3) is 0 Å². The highest BCUT2D eigenvalue weighted by Gasteiger charge is 2.30. The third-order valence-corrected chi connectivity index (χ3v) is 4.55. The molecule has 1 aromatic carbocycles. The lowest BCUT2D eigenvalue weighted by molar-refractivity contribution is -0.125. The molecule has 1 saturated heterocycles. The van der Waals surface area contributed by atoms with Crippen LogP contribution in [0.1, 0.15) is 25.3 Å². The Morgan fingerprint density at radius 2 is 2.17 bits per heavy atom. The topological polar surface area (TPSA) is 61.8 Å². The highest BCUT2D eigenvalue weighted by Crippen LogP contribution is 2.19. The quantitative estimate of drug-likeness (QED) is 0.797. The average molecular weight is 320 g/mol. The van der Waals surface area contributed by atoms with E-state index in [0.29, 0.717) is 6.42 Å². The van der Waals surface area contributed by atoms with Gasteiger partial charge in [0, 0.05) is 38.8 Å². The van der Waals surface area contributed by atoms with Gasteiger partial charge in [-0.2, -0.15) is 0 Å². The summed E-state index contributed by atoms with van der Waals surface area (Å²) in [6.07, 6.45) is 1.16. The Kier molecular flexibility index (Phi) is 7.02. The number of ether oxygens (including phenoxy) is 1. The molecule has 2 rings (SSSR count). The molecule has 3 unspecified atom stereocenters. The number of hydrogen-bond acceptors (Lipinski definition) is 4. The Morgan fingerprint density at radius 1 is 1.43 bits per heavy atom. The predicted octanol–water partition coefficient (Wildman–Crippen LogP) is 1.41. The molecule has 0 aliphatic carbocycles. The zero-order valence-corrected chi connectivity index (χ0v) is 14.1. The van der Waals surface area contributed by atoms with Gasteiger partial charge in [-0.15, -0.1) is 0 Å². The number of carbonyl (C=O) groups excluding carboxylic acids is 1. The Labute approximate surface area is 138 Å². The molecule has 1 aliphatic heterocycles. The molecule has 1 fully saturated rings. The summed E-state index contributed by atoms with van der Waals surface area (Å²) in [6, 6.07) is 10.3. The summed E-state index contributed by atoms with van der Waals surface area (Å²) in [6.45, 7) is 4.59. The van der Waals surface area contributed by atoms with Crippen molar-refractivity contribution >= 4 is 5.91 Å². The predicted molar refractivity (Wildman–Crippen MR) is 89.9 cm³/mol. The van der Waals surface area contributed by atoms with Gasteiger partial charge in [-0.25, -0.2) is 0 Å². The number of benzene rings is 1. The van der Waals surface area contributed by atoms with Crippen LogP contribution in [0, 0.1) is 5.92 Å². The largest absolute Gasteiger partial charge is 0.396 e. The van der Waals surface area contributed by atoms with Crippen LogP contribution in [0.2, 0.25) is 0 Å². The summed E-state index contributed by atoms with van der Waals surface area (Å²) in [4.78, 5) is 14.5. The summed E-state index contributed by atoms with van der Waals surface area (Å²) in [5.41, 5.74) is 1.27. The number of piperidine rings is 1. The van der Waals surface area contributed by atoms with Gasteiger partial charge in [0.2, 0.25) is 5.91 Å². The van der Waals surface area contributed by atoms with Crippen LogP contribution in [-0.2, 0) is 16.1 Å². The van der Waals surface area contributed by atoms with Gasteiger partial charge in [0.1, 0.15) is 0 Å². The Balaban J connectivity index is 1.91. The summed E-state index contributed by atoms with van der Waals surface area (Å²) in [5, 5.41) is 12.7. The molecular weight excluding hydrogens is 292 g/mol. The molecule has 3 atom stereocenters. The first kappa shape index (κ1) is 17.9. The van der Waals surface area contributed by atoms with Crippen molar-refractivity contribution in [1.29, 1.82) is 0 Å². The number of nitrogens with zero attached hydrogens (tertiary/aromatic N) is 1. The number of carbonyl (C=O) groups is 1. The van der Waals surface area contributed by atoms with E-state index in [1.54, 1.807) is 7.11 Å². The average Bonchev–Trinajstić information content (AvgIpc) is 2.56. The molecule has 2 N–H and O–H groups in total. The van der Waals surface area contributed by atoms with Gasteiger partial charge >= 0.3 is 0 Å². The van der Waals surface area contributed by atoms with E-state index in [0.717, 1.165) is 26.1 Å². The first-order valence-electron chi connectivity index (χ1n) is 8.31. The summed E-state index contributed by atoms with van der Waals surface area (Å²) < 4.78 is 5.14. The first-order chi connectivity index (χ1) is 11.1. The SMILES string of the molecule is COC(C)CC(=O)NC1CN(Cc2ccccc2)CCC1CO. The smallest absolute Gasteiger partial charge is 0.222 e. The Morgan fingerprint density at radius 3 is 2.83 bits per heavy atom. The number of aliphatic hydroxyl groups excluding tert-OH is 1. The van der Waals surface area contributed by atoms with Gasteiger partial charge in [0.15, 0.2) is 0 Å². The fourth-order valence-corrected chi connectivity index (χ4v) is 3.05. The normalized spacial score (nSPS) is 23.4. The number of nitrogens with one attached hydrogen (secondary N) is 1. The maximum atomic E-state index is 12.1. The van der Waals surface area contributed by atoms with Crippen LogP contribution in [0.5, 0.6) is 0 Å². The van der Waals surface area contributed by atoms with E-state index in [4.69, 9.17) is 4.74 Å². The van der Waals surface area contributed by atoms with E-state index >= 15 is 0 Å². The van der Waals surface area contributed by atoms with Crippen LogP contribution in [-0.4, -0.2) is 54.9 Å². The molecule has 23 heavy (non-hydrogen) atoms.